The Bertz CT molecular complexity index is 953. The van der Waals surface area contributed by atoms with Gasteiger partial charge in [-0.25, -0.2) is 0 Å². The van der Waals surface area contributed by atoms with Gasteiger partial charge in [-0.15, -0.1) is 0 Å². The molecule has 2 aliphatic rings. The number of rotatable bonds is 1. The molecule has 1 atom stereocenters. The number of hydrogen-bond donors (Lipinski definition) is 1. The maximum Gasteiger partial charge on any atom is 0.278 e. The zero-order valence-electron chi connectivity index (χ0n) is 14.8. The van der Waals surface area contributed by atoms with Crippen molar-refractivity contribution < 1.29 is 14.4 Å². The molecule has 2 heterocycles. The number of nitrogens with one attached hydrogen (secondary N) is 1. The fraction of sp³-hybridized carbons (Fsp3) is 0.250. The minimum atomic E-state index is -1.56. The van der Waals surface area contributed by atoms with E-state index in [1.165, 1.54) is 9.80 Å². The molecular weight excluding hydrogens is 330 g/mol. The topological polar surface area (TPSA) is 69.7 Å². The fourth-order valence-electron chi connectivity index (χ4n) is 3.75. The third kappa shape index (κ3) is 1.89. The van der Waals surface area contributed by atoms with E-state index in [1.54, 1.807) is 57.3 Å². The van der Waals surface area contributed by atoms with Crippen molar-refractivity contribution in [3.05, 3.63) is 59.7 Å². The number of nitrogens with zero attached hydrogens (tertiary/aromatic N) is 2. The van der Waals surface area contributed by atoms with Crippen LogP contribution in [0.2, 0.25) is 0 Å². The number of amides is 3. The van der Waals surface area contributed by atoms with E-state index in [2.05, 4.69) is 5.32 Å². The van der Waals surface area contributed by atoms with Gasteiger partial charge in [-0.2, -0.15) is 0 Å². The molecule has 6 heteroatoms. The van der Waals surface area contributed by atoms with Crippen molar-refractivity contribution >= 4 is 29.1 Å². The number of anilines is 2. The van der Waals surface area contributed by atoms with Gasteiger partial charge >= 0.3 is 0 Å². The zero-order chi connectivity index (χ0) is 18.6. The van der Waals surface area contributed by atoms with Crippen LogP contribution < -0.4 is 15.1 Å². The first kappa shape index (κ1) is 16.3. The van der Waals surface area contributed by atoms with E-state index in [4.69, 9.17) is 0 Å². The molecule has 1 N–H and O–H groups in total. The lowest BCUT2D eigenvalue weighted by atomic mass is 9.91. The van der Waals surface area contributed by atoms with E-state index in [9.17, 15) is 14.4 Å². The summed E-state index contributed by atoms with van der Waals surface area (Å²) in [5.74, 6) is -1.29. The summed E-state index contributed by atoms with van der Waals surface area (Å²) in [6.45, 7) is 3.56. The van der Waals surface area contributed by atoms with Gasteiger partial charge in [-0.3, -0.25) is 19.3 Å². The molecular formula is C20H19N3O3. The molecule has 2 aromatic carbocycles. The van der Waals surface area contributed by atoms with Crippen molar-refractivity contribution in [2.24, 2.45) is 5.92 Å². The lowest BCUT2D eigenvalue weighted by Crippen LogP contribution is -2.68. The maximum absolute atomic E-state index is 13.3. The van der Waals surface area contributed by atoms with Crippen molar-refractivity contribution in [1.82, 2.24) is 5.32 Å². The van der Waals surface area contributed by atoms with E-state index in [0.717, 1.165) is 0 Å². The van der Waals surface area contributed by atoms with Gasteiger partial charge in [0, 0.05) is 18.5 Å². The van der Waals surface area contributed by atoms with Gasteiger partial charge in [-0.1, -0.05) is 44.2 Å². The van der Waals surface area contributed by atoms with Crippen molar-refractivity contribution in [3.8, 4) is 0 Å². The number of fused-ring (bicyclic) bond motifs is 3. The number of likely N-dealkylation sites (N-methyl/N-ethyl adjacent to an activating group) is 1. The number of carbonyl (C=O) groups is 3. The summed E-state index contributed by atoms with van der Waals surface area (Å²) in [6, 6.07) is 14.1. The van der Waals surface area contributed by atoms with Crippen LogP contribution in [0.3, 0.4) is 0 Å². The van der Waals surface area contributed by atoms with Gasteiger partial charge in [0.15, 0.2) is 0 Å². The number of benzene rings is 2. The second-order valence-corrected chi connectivity index (χ2v) is 6.89. The zero-order valence-corrected chi connectivity index (χ0v) is 14.8. The lowest BCUT2D eigenvalue weighted by Gasteiger charge is -2.45. The first-order valence-corrected chi connectivity index (χ1v) is 8.53. The van der Waals surface area contributed by atoms with Crippen LogP contribution in [-0.2, 0) is 15.3 Å². The highest BCUT2D eigenvalue weighted by molar-refractivity contribution is 6.20. The fourth-order valence-corrected chi connectivity index (χ4v) is 3.75. The first-order chi connectivity index (χ1) is 12.4. The highest BCUT2D eigenvalue weighted by Gasteiger charge is 2.59. The second kappa shape index (κ2) is 5.42. The molecule has 0 bridgehead atoms. The minimum absolute atomic E-state index is 0.226. The smallest absolute Gasteiger partial charge is 0.278 e. The molecule has 3 amide bonds. The van der Waals surface area contributed by atoms with Crippen LogP contribution in [0.4, 0.5) is 11.4 Å². The van der Waals surface area contributed by atoms with E-state index in [1.807, 2.05) is 12.1 Å². The molecule has 0 unspecified atom stereocenters. The highest BCUT2D eigenvalue weighted by atomic mass is 16.2. The van der Waals surface area contributed by atoms with Crippen molar-refractivity contribution in [1.29, 1.82) is 0 Å². The number of para-hydroxylation sites is 2. The van der Waals surface area contributed by atoms with E-state index < -0.39 is 5.66 Å². The van der Waals surface area contributed by atoms with Crippen LogP contribution in [0.25, 0.3) is 0 Å². The highest BCUT2D eigenvalue weighted by Crippen LogP contribution is 2.47. The van der Waals surface area contributed by atoms with E-state index in [0.29, 0.717) is 22.5 Å². The van der Waals surface area contributed by atoms with Crippen molar-refractivity contribution in [3.63, 3.8) is 0 Å². The summed E-state index contributed by atoms with van der Waals surface area (Å²) >= 11 is 0. The largest absolute Gasteiger partial charge is 0.317 e. The monoisotopic (exact) mass is 349 g/mol. The third-order valence-corrected chi connectivity index (χ3v) is 5.00. The molecule has 0 fully saturated rings. The molecule has 0 aromatic heterocycles. The Labute approximate surface area is 151 Å². The van der Waals surface area contributed by atoms with Gasteiger partial charge in [0.05, 0.1) is 16.9 Å². The Morgan fingerprint density at radius 1 is 1.00 bits per heavy atom. The van der Waals surface area contributed by atoms with Gasteiger partial charge in [0.25, 0.3) is 11.8 Å². The average molecular weight is 349 g/mol. The quantitative estimate of drug-likeness (QED) is 0.858. The molecule has 26 heavy (non-hydrogen) atoms. The van der Waals surface area contributed by atoms with Crippen LogP contribution in [0.5, 0.6) is 0 Å². The van der Waals surface area contributed by atoms with Gasteiger partial charge in [0.2, 0.25) is 11.6 Å². The molecule has 0 aliphatic carbocycles. The molecule has 2 aliphatic heterocycles. The van der Waals surface area contributed by atoms with E-state index in [-0.39, 0.29) is 23.6 Å². The maximum atomic E-state index is 13.3. The minimum Gasteiger partial charge on any atom is -0.317 e. The van der Waals surface area contributed by atoms with Crippen LogP contribution >= 0.6 is 0 Å². The van der Waals surface area contributed by atoms with Crippen LogP contribution in [0.1, 0.15) is 29.8 Å². The standard InChI is InChI=1S/C20H19N3O3/c1-12(2)18(25)23-15-10-6-4-8-13(15)17(24)21-20(23)14-9-5-7-11-16(14)22(3)19(20)26/h4-12H,1-3H3,(H,21,24)/t20-/m1/s1. The molecule has 0 saturated heterocycles. The predicted octanol–water partition coefficient (Wildman–Crippen LogP) is 2.25. The predicted molar refractivity (Wildman–Crippen MR) is 97.8 cm³/mol. The Hall–Kier alpha value is -3.15. The van der Waals surface area contributed by atoms with Gasteiger partial charge in [-0.05, 0) is 18.2 Å². The molecule has 0 radical (unpaired) electrons. The molecule has 6 nitrogen and oxygen atoms in total. The second-order valence-electron chi connectivity index (χ2n) is 6.89. The molecule has 2 aromatic rings. The Morgan fingerprint density at radius 2 is 1.62 bits per heavy atom. The summed E-state index contributed by atoms with van der Waals surface area (Å²) in [5.41, 5.74) is 0.557. The summed E-state index contributed by atoms with van der Waals surface area (Å²) in [5, 5.41) is 2.85. The molecule has 0 saturated carbocycles. The van der Waals surface area contributed by atoms with Crippen LogP contribution in [0.15, 0.2) is 48.5 Å². The normalized spacial score (nSPS) is 21.1. The molecule has 132 valence electrons. The number of carbonyl (C=O) groups excluding carboxylic acids is 3. The van der Waals surface area contributed by atoms with Gasteiger partial charge in [0.1, 0.15) is 0 Å². The molecule has 4 rings (SSSR count). The summed E-state index contributed by atoms with van der Waals surface area (Å²) < 4.78 is 0. The Morgan fingerprint density at radius 3 is 2.31 bits per heavy atom. The first-order valence-electron chi connectivity index (χ1n) is 8.53. The Balaban J connectivity index is 2.06. The van der Waals surface area contributed by atoms with Crippen molar-refractivity contribution in [2.75, 3.05) is 16.8 Å². The molecule has 1 spiro atoms. The van der Waals surface area contributed by atoms with Crippen LogP contribution in [-0.4, -0.2) is 24.8 Å². The summed E-state index contributed by atoms with van der Waals surface area (Å²) in [4.78, 5) is 42.3. The lowest BCUT2D eigenvalue weighted by molar-refractivity contribution is -0.130. The van der Waals surface area contributed by atoms with Gasteiger partial charge < -0.3 is 10.2 Å². The number of hydrogen-bond acceptors (Lipinski definition) is 3. The third-order valence-electron chi connectivity index (χ3n) is 5.00. The van der Waals surface area contributed by atoms with Crippen molar-refractivity contribution in [2.45, 2.75) is 19.5 Å². The SMILES string of the molecule is CC(C)C(=O)N1c2ccccc2C(=O)N[C@@]12C(=O)N(C)c1ccccc12. The van der Waals surface area contributed by atoms with Crippen LogP contribution in [0, 0.1) is 5.92 Å². The summed E-state index contributed by atoms with van der Waals surface area (Å²) in [6.07, 6.45) is 0. The van der Waals surface area contributed by atoms with E-state index >= 15 is 0 Å². The average Bonchev–Trinajstić information content (AvgIpc) is 2.85. The Kier molecular flexibility index (Phi) is 3.41. The summed E-state index contributed by atoms with van der Waals surface area (Å²) in [7, 11) is 1.65.